The van der Waals surface area contributed by atoms with Crippen molar-refractivity contribution < 1.29 is 23.0 Å². The van der Waals surface area contributed by atoms with Crippen molar-refractivity contribution in [1.29, 1.82) is 0 Å². The topological polar surface area (TPSA) is 29.5 Å². The molecule has 0 bridgehead atoms. The summed E-state index contributed by atoms with van der Waals surface area (Å²) in [7, 11) is 1.43. The maximum atomic E-state index is 12.2. The Kier molecular flexibility index (Phi) is 3.24. The van der Waals surface area contributed by atoms with E-state index >= 15 is 0 Å². The maximum Gasteiger partial charge on any atom is 0.418 e. The van der Waals surface area contributed by atoms with E-state index < -0.39 is 12.3 Å². The Labute approximate surface area is 85.3 Å². The number of aryl methyl sites for hydroxylation is 1. The maximum absolute atomic E-state index is 12.2. The van der Waals surface area contributed by atoms with Gasteiger partial charge in [-0.3, -0.25) is 0 Å². The van der Waals surface area contributed by atoms with Gasteiger partial charge in [0.25, 0.3) is 0 Å². The van der Waals surface area contributed by atoms with Crippen molar-refractivity contribution in [3.05, 3.63) is 29.3 Å². The highest BCUT2D eigenvalue weighted by Gasteiger charge is 2.39. The lowest BCUT2D eigenvalue weighted by atomic mass is 10.0. The van der Waals surface area contributed by atoms with Gasteiger partial charge in [-0.15, -0.1) is 0 Å². The van der Waals surface area contributed by atoms with Crippen LogP contribution in [0.15, 0.2) is 18.2 Å². The number of alkyl halides is 3. The first-order valence-electron chi connectivity index (χ1n) is 4.25. The lowest BCUT2D eigenvalue weighted by Crippen LogP contribution is -2.20. The number of aliphatic hydroxyl groups is 1. The van der Waals surface area contributed by atoms with E-state index in [0.717, 1.165) is 0 Å². The third kappa shape index (κ3) is 2.62. The molecular weight excluding hydrogens is 209 g/mol. The molecule has 15 heavy (non-hydrogen) atoms. The van der Waals surface area contributed by atoms with Crippen LogP contribution in [0.25, 0.3) is 0 Å². The third-order valence-electron chi connectivity index (χ3n) is 2.08. The quantitative estimate of drug-likeness (QED) is 0.830. The standard InChI is InChI=1S/C10H11F3O2/c1-6-5-7(15-2)3-4-8(6)9(14)10(11,12)13/h3-5,9,14H,1-2H3/t9-/m1/s1. The first-order chi connectivity index (χ1) is 6.86. The predicted molar refractivity (Wildman–Crippen MR) is 48.7 cm³/mol. The Morgan fingerprint density at radius 2 is 1.93 bits per heavy atom. The molecule has 0 amide bonds. The molecule has 5 heteroatoms. The minimum absolute atomic E-state index is 0.150. The highest BCUT2D eigenvalue weighted by Crippen LogP contribution is 2.34. The van der Waals surface area contributed by atoms with E-state index in [9.17, 15) is 13.2 Å². The summed E-state index contributed by atoms with van der Waals surface area (Å²) in [6.45, 7) is 1.49. The summed E-state index contributed by atoms with van der Waals surface area (Å²) >= 11 is 0. The number of halogens is 3. The minimum atomic E-state index is -4.64. The zero-order valence-corrected chi connectivity index (χ0v) is 8.30. The van der Waals surface area contributed by atoms with Crippen LogP contribution in [-0.4, -0.2) is 18.4 Å². The van der Waals surface area contributed by atoms with Crippen molar-refractivity contribution in [2.45, 2.75) is 19.2 Å². The predicted octanol–water partition coefficient (Wildman–Crippen LogP) is 2.60. The molecule has 1 rings (SSSR count). The van der Waals surface area contributed by atoms with Crippen LogP contribution < -0.4 is 4.74 Å². The molecule has 1 atom stereocenters. The summed E-state index contributed by atoms with van der Waals surface area (Å²) in [5, 5.41) is 9.04. The van der Waals surface area contributed by atoms with Gasteiger partial charge in [0.15, 0.2) is 6.10 Å². The van der Waals surface area contributed by atoms with Crippen molar-refractivity contribution in [3.8, 4) is 5.75 Å². The third-order valence-corrected chi connectivity index (χ3v) is 2.08. The monoisotopic (exact) mass is 220 g/mol. The number of ether oxygens (including phenoxy) is 1. The van der Waals surface area contributed by atoms with Gasteiger partial charge in [0, 0.05) is 0 Å². The molecule has 0 saturated heterocycles. The normalized spacial score (nSPS) is 13.7. The number of hydrogen-bond donors (Lipinski definition) is 1. The van der Waals surface area contributed by atoms with E-state index in [1.54, 1.807) is 0 Å². The van der Waals surface area contributed by atoms with E-state index in [2.05, 4.69) is 0 Å². The second-order valence-electron chi connectivity index (χ2n) is 3.17. The summed E-state index contributed by atoms with van der Waals surface area (Å²) in [5.41, 5.74) is 0.197. The molecule has 0 heterocycles. The summed E-state index contributed by atoms with van der Waals surface area (Å²) in [6.07, 6.45) is -7.08. The van der Waals surface area contributed by atoms with Gasteiger partial charge >= 0.3 is 6.18 Å². The molecule has 84 valence electrons. The van der Waals surface area contributed by atoms with Crippen molar-refractivity contribution in [2.75, 3.05) is 7.11 Å². The van der Waals surface area contributed by atoms with Crippen molar-refractivity contribution in [2.24, 2.45) is 0 Å². The van der Waals surface area contributed by atoms with Gasteiger partial charge in [0.2, 0.25) is 0 Å². The largest absolute Gasteiger partial charge is 0.497 e. The van der Waals surface area contributed by atoms with Crippen LogP contribution in [0.5, 0.6) is 5.75 Å². The molecule has 0 radical (unpaired) electrons. The summed E-state index contributed by atoms with van der Waals surface area (Å²) in [4.78, 5) is 0. The van der Waals surface area contributed by atoms with Gasteiger partial charge in [-0.2, -0.15) is 13.2 Å². The zero-order chi connectivity index (χ0) is 11.6. The van der Waals surface area contributed by atoms with E-state index in [1.165, 1.54) is 32.2 Å². The molecule has 0 fully saturated rings. The van der Waals surface area contributed by atoms with Crippen LogP contribution in [0, 0.1) is 6.92 Å². The van der Waals surface area contributed by atoms with Gasteiger partial charge < -0.3 is 9.84 Å². The van der Waals surface area contributed by atoms with Crippen LogP contribution in [0.3, 0.4) is 0 Å². The van der Waals surface area contributed by atoms with Gasteiger partial charge in [-0.1, -0.05) is 6.07 Å². The van der Waals surface area contributed by atoms with Crippen LogP contribution in [0.1, 0.15) is 17.2 Å². The summed E-state index contributed by atoms with van der Waals surface area (Å²) in [5.74, 6) is 0.464. The van der Waals surface area contributed by atoms with Gasteiger partial charge in [0.1, 0.15) is 5.75 Å². The number of benzene rings is 1. The smallest absolute Gasteiger partial charge is 0.418 e. The average Bonchev–Trinajstić information content (AvgIpc) is 2.15. The minimum Gasteiger partial charge on any atom is -0.497 e. The second kappa shape index (κ2) is 4.10. The van der Waals surface area contributed by atoms with Crippen LogP contribution in [0.4, 0.5) is 13.2 Å². The number of methoxy groups -OCH3 is 1. The fourth-order valence-corrected chi connectivity index (χ4v) is 1.26. The fourth-order valence-electron chi connectivity index (χ4n) is 1.26. The van der Waals surface area contributed by atoms with E-state index in [0.29, 0.717) is 11.3 Å². The van der Waals surface area contributed by atoms with Gasteiger partial charge in [-0.05, 0) is 30.2 Å². The molecular formula is C10H11F3O2. The van der Waals surface area contributed by atoms with Crippen LogP contribution in [-0.2, 0) is 0 Å². The van der Waals surface area contributed by atoms with Gasteiger partial charge in [0.05, 0.1) is 7.11 Å². The SMILES string of the molecule is COc1ccc([C@@H](O)C(F)(F)F)c(C)c1. The Hall–Kier alpha value is -1.23. The Balaban J connectivity index is 3.06. The summed E-state index contributed by atoms with van der Waals surface area (Å²) in [6, 6.07) is 4.05. The average molecular weight is 220 g/mol. The van der Waals surface area contributed by atoms with Gasteiger partial charge in [-0.25, -0.2) is 0 Å². The summed E-state index contributed by atoms with van der Waals surface area (Å²) < 4.78 is 41.5. The molecule has 0 aromatic heterocycles. The Morgan fingerprint density at radius 3 is 2.33 bits per heavy atom. The highest BCUT2D eigenvalue weighted by atomic mass is 19.4. The van der Waals surface area contributed by atoms with Crippen LogP contribution >= 0.6 is 0 Å². The molecule has 0 aliphatic heterocycles. The van der Waals surface area contributed by atoms with Crippen molar-refractivity contribution >= 4 is 0 Å². The Bertz CT molecular complexity index is 347. The second-order valence-corrected chi connectivity index (χ2v) is 3.17. The molecule has 1 aromatic carbocycles. The molecule has 1 N–H and O–H groups in total. The molecule has 0 spiro atoms. The molecule has 0 aliphatic rings. The van der Waals surface area contributed by atoms with E-state index in [-0.39, 0.29) is 5.56 Å². The molecule has 1 aromatic rings. The van der Waals surface area contributed by atoms with Crippen LogP contribution in [0.2, 0.25) is 0 Å². The number of hydrogen-bond acceptors (Lipinski definition) is 2. The number of rotatable bonds is 2. The van der Waals surface area contributed by atoms with E-state index in [1.807, 2.05) is 0 Å². The zero-order valence-electron chi connectivity index (χ0n) is 8.30. The molecule has 0 saturated carbocycles. The molecule has 0 aliphatic carbocycles. The van der Waals surface area contributed by atoms with E-state index in [4.69, 9.17) is 9.84 Å². The first-order valence-corrected chi connectivity index (χ1v) is 4.25. The number of aliphatic hydroxyl groups excluding tert-OH is 1. The lowest BCUT2D eigenvalue weighted by molar-refractivity contribution is -0.206. The molecule has 0 unspecified atom stereocenters. The fraction of sp³-hybridized carbons (Fsp3) is 0.400. The lowest BCUT2D eigenvalue weighted by Gasteiger charge is -2.17. The Morgan fingerprint density at radius 1 is 1.33 bits per heavy atom. The van der Waals surface area contributed by atoms with Crippen molar-refractivity contribution in [3.63, 3.8) is 0 Å². The highest BCUT2D eigenvalue weighted by molar-refractivity contribution is 5.36. The van der Waals surface area contributed by atoms with Crippen molar-refractivity contribution in [1.82, 2.24) is 0 Å². The molecule has 2 nitrogen and oxygen atoms in total. The first kappa shape index (κ1) is 11.8.